The van der Waals surface area contributed by atoms with Crippen molar-refractivity contribution >= 4 is 79.3 Å². The van der Waals surface area contributed by atoms with Gasteiger partial charge in [-0.05, 0) is 87.4 Å². The van der Waals surface area contributed by atoms with Gasteiger partial charge in [-0.15, -0.1) is 0 Å². The van der Waals surface area contributed by atoms with Gasteiger partial charge in [-0.25, -0.2) is 0 Å². The lowest BCUT2D eigenvalue weighted by Crippen LogP contribution is -2.73. The maximum absolute atomic E-state index is 6.85. The quantitative estimate of drug-likeness (QED) is 0.164. The van der Waals surface area contributed by atoms with Crippen molar-refractivity contribution in [1.29, 1.82) is 0 Å². The van der Waals surface area contributed by atoms with Crippen molar-refractivity contribution in [2.45, 2.75) is 6.55 Å². The molecule has 45 heavy (non-hydrogen) atoms. The standard InChI is InChI=1S/C39H22N2O3Si/c1-45-37-25-11-6-12-26(37)41-28-18-22-8-3-5-10-24(22)20-34(28)43-30-14-16-32(39(45)36(30)41)44-31-15-13-29-35(38(31)45)40(25)27-17-21-7-2-4-9-23(21)19-33(27)42-29/h2-20H,1H3. The second-order valence-electron chi connectivity index (χ2n) is 12.7. The first-order chi connectivity index (χ1) is 22.2. The van der Waals surface area contributed by atoms with Crippen LogP contribution in [0, 0.1) is 0 Å². The van der Waals surface area contributed by atoms with Crippen molar-refractivity contribution in [2.24, 2.45) is 0 Å². The third-order valence-electron chi connectivity index (χ3n) is 10.5. The normalized spacial score (nSPS) is 15.8. The Kier molecular flexibility index (Phi) is 3.70. The molecule has 0 bridgehead atoms. The minimum Gasteiger partial charge on any atom is -0.457 e. The lowest BCUT2D eigenvalue weighted by atomic mass is 10.0. The van der Waals surface area contributed by atoms with E-state index in [1.807, 2.05) is 0 Å². The van der Waals surface area contributed by atoms with Crippen LogP contribution in [0.5, 0.6) is 34.5 Å². The first kappa shape index (κ1) is 22.8. The number of fused-ring (bicyclic) bond motifs is 8. The molecule has 210 valence electrons. The molecule has 7 aromatic carbocycles. The van der Waals surface area contributed by atoms with Gasteiger partial charge in [0.2, 0.25) is 0 Å². The predicted octanol–water partition coefficient (Wildman–Crippen LogP) is 8.98. The van der Waals surface area contributed by atoms with E-state index in [4.69, 9.17) is 14.2 Å². The molecule has 0 unspecified atom stereocenters. The van der Waals surface area contributed by atoms with Gasteiger partial charge in [-0.2, -0.15) is 0 Å². The van der Waals surface area contributed by atoms with Crippen molar-refractivity contribution in [1.82, 2.24) is 0 Å². The van der Waals surface area contributed by atoms with E-state index in [2.05, 4.69) is 132 Å². The van der Waals surface area contributed by atoms with E-state index in [0.717, 1.165) is 68.0 Å². The highest BCUT2D eigenvalue weighted by atomic mass is 28.3. The molecule has 12 rings (SSSR count). The van der Waals surface area contributed by atoms with Crippen LogP contribution in [0.25, 0.3) is 21.5 Å². The first-order valence-corrected chi connectivity index (χ1v) is 17.8. The second kappa shape index (κ2) is 7.31. The van der Waals surface area contributed by atoms with Crippen LogP contribution >= 0.6 is 0 Å². The number of ether oxygens (including phenoxy) is 3. The predicted molar refractivity (Wildman–Crippen MR) is 182 cm³/mol. The number of hydrogen-bond donors (Lipinski definition) is 0. The van der Waals surface area contributed by atoms with Crippen LogP contribution in [0.15, 0.2) is 115 Å². The molecule has 0 saturated carbocycles. The summed E-state index contributed by atoms with van der Waals surface area (Å²) in [5.41, 5.74) is 6.74. The van der Waals surface area contributed by atoms with Gasteiger partial charge >= 0.3 is 0 Å². The lowest BCUT2D eigenvalue weighted by Gasteiger charge is -2.53. The molecule has 7 aromatic rings. The molecule has 0 aliphatic carbocycles. The van der Waals surface area contributed by atoms with Crippen LogP contribution < -0.4 is 39.6 Å². The zero-order valence-electron chi connectivity index (χ0n) is 24.1. The molecule has 6 heteroatoms. The highest BCUT2D eigenvalue weighted by molar-refractivity contribution is 7.15. The zero-order valence-corrected chi connectivity index (χ0v) is 25.1. The molecule has 0 N–H and O–H groups in total. The van der Waals surface area contributed by atoms with E-state index in [1.165, 1.54) is 37.7 Å². The Morgan fingerprint density at radius 1 is 0.400 bits per heavy atom. The zero-order chi connectivity index (χ0) is 29.2. The Labute approximate surface area is 259 Å². The maximum atomic E-state index is 6.85. The van der Waals surface area contributed by atoms with Crippen LogP contribution in [-0.4, -0.2) is 8.07 Å². The molecule has 0 atom stereocenters. The van der Waals surface area contributed by atoms with Crippen LogP contribution in [-0.2, 0) is 0 Å². The number of anilines is 6. The average Bonchev–Trinajstić information content (AvgIpc) is 3.07. The Morgan fingerprint density at radius 2 is 0.822 bits per heavy atom. The van der Waals surface area contributed by atoms with Gasteiger partial charge in [0.1, 0.15) is 11.5 Å². The van der Waals surface area contributed by atoms with Gasteiger partial charge in [-0.3, -0.25) is 0 Å². The first-order valence-electron chi connectivity index (χ1n) is 15.3. The number of rotatable bonds is 0. The van der Waals surface area contributed by atoms with Crippen molar-refractivity contribution in [2.75, 3.05) is 9.80 Å². The van der Waals surface area contributed by atoms with Crippen LogP contribution in [0.4, 0.5) is 34.1 Å². The van der Waals surface area contributed by atoms with Crippen molar-refractivity contribution in [3.8, 4) is 34.5 Å². The summed E-state index contributed by atoms with van der Waals surface area (Å²) in [6.07, 6.45) is 0. The Bertz CT molecular complexity index is 2410. The van der Waals surface area contributed by atoms with Gasteiger partial charge in [0.25, 0.3) is 0 Å². The summed E-state index contributed by atoms with van der Waals surface area (Å²) in [5, 5.41) is 8.63. The van der Waals surface area contributed by atoms with Gasteiger partial charge < -0.3 is 24.0 Å². The maximum Gasteiger partial charge on any atom is 0.166 e. The third kappa shape index (κ3) is 2.49. The molecule has 5 aliphatic rings. The fraction of sp³-hybridized carbons (Fsp3) is 0.0256. The van der Waals surface area contributed by atoms with Crippen LogP contribution in [0.1, 0.15) is 0 Å². The molecule has 0 fully saturated rings. The Balaban J connectivity index is 1.23. The molecule has 0 radical (unpaired) electrons. The molecular weight excluding hydrogens is 573 g/mol. The summed E-state index contributed by atoms with van der Waals surface area (Å²) < 4.78 is 20.3. The topological polar surface area (TPSA) is 34.2 Å². The third-order valence-corrected chi connectivity index (χ3v) is 14.9. The minimum absolute atomic E-state index is 0.864. The van der Waals surface area contributed by atoms with E-state index >= 15 is 0 Å². The minimum atomic E-state index is -2.64. The van der Waals surface area contributed by atoms with Crippen molar-refractivity contribution < 1.29 is 14.2 Å². The summed E-state index contributed by atoms with van der Waals surface area (Å²) in [4.78, 5) is 4.88. The van der Waals surface area contributed by atoms with E-state index in [9.17, 15) is 0 Å². The summed E-state index contributed by atoms with van der Waals surface area (Å²) >= 11 is 0. The SMILES string of the molecule is C[Si]12c3c4cccc3N3c5cc6ccccc6cc5Oc5ccc(c1c53)Oc1ccc3c(c12)N4c1cc2ccccc2cc1O3. The number of benzene rings is 7. The fourth-order valence-corrected chi connectivity index (χ4v) is 13.5. The van der Waals surface area contributed by atoms with Gasteiger partial charge in [0, 0.05) is 21.7 Å². The Hall–Kier alpha value is -5.72. The molecule has 0 aromatic heterocycles. The summed E-state index contributed by atoms with van der Waals surface area (Å²) in [6.45, 7) is 2.50. The molecule has 5 aliphatic heterocycles. The summed E-state index contributed by atoms with van der Waals surface area (Å²) in [5.74, 6) is 5.31. The molecular formula is C39H22N2O3Si. The highest BCUT2D eigenvalue weighted by Crippen LogP contribution is 2.60. The summed E-state index contributed by atoms with van der Waals surface area (Å²) in [6, 6.07) is 41.1. The van der Waals surface area contributed by atoms with Gasteiger partial charge in [0.15, 0.2) is 31.1 Å². The van der Waals surface area contributed by atoms with Crippen LogP contribution in [0.2, 0.25) is 6.55 Å². The smallest absolute Gasteiger partial charge is 0.166 e. The number of hydrogen-bond acceptors (Lipinski definition) is 5. The molecule has 5 nitrogen and oxygen atoms in total. The van der Waals surface area contributed by atoms with Gasteiger partial charge in [0.05, 0.1) is 22.7 Å². The summed E-state index contributed by atoms with van der Waals surface area (Å²) in [7, 11) is -2.64. The van der Waals surface area contributed by atoms with Crippen LogP contribution in [0.3, 0.4) is 0 Å². The largest absolute Gasteiger partial charge is 0.457 e. The number of nitrogens with zero attached hydrogens (tertiary/aromatic N) is 2. The van der Waals surface area contributed by atoms with E-state index in [0.29, 0.717) is 0 Å². The lowest BCUT2D eigenvalue weighted by molar-refractivity contribution is 0.462. The second-order valence-corrected chi connectivity index (χ2v) is 16.4. The van der Waals surface area contributed by atoms with E-state index in [-0.39, 0.29) is 0 Å². The fourth-order valence-electron chi connectivity index (χ4n) is 8.67. The Morgan fingerprint density at radius 3 is 1.31 bits per heavy atom. The molecule has 0 spiro atoms. The molecule has 0 amide bonds. The average molecular weight is 595 g/mol. The van der Waals surface area contributed by atoms with E-state index < -0.39 is 8.07 Å². The molecule has 0 saturated heterocycles. The highest BCUT2D eigenvalue weighted by Gasteiger charge is 2.58. The monoisotopic (exact) mass is 594 g/mol. The van der Waals surface area contributed by atoms with Gasteiger partial charge in [-0.1, -0.05) is 61.1 Å². The molecule has 5 heterocycles. The van der Waals surface area contributed by atoms with E-state index in [1.54, 1.807) is 0 Å². The van der Waals surface area contributed by atoms with Crippen molar-refractivity contribution in [3.05, 3.63) is 115 Å². The van der Waals surface area contributed by atoms with Crippen molar-refractivity contribution in [3.63, 3.8) is 0 Å².